The zero-order chi connectivity index (χ0) is 14.1. The van der Waals surface area contributed by atoms with Crippen LogP contribution in [0.15, 0.2) is 30.3 Å². The lowest BCUT2D eigenvalue weighted by molar-refractivity contribution is 0.0144. The van der Waals surface area contributed by atoms with Gasteiger partial charge in [-0.3, -0.25) is 0 Å². The Kier molecular flexibility index (Phi) is 4.08. The zero-order valence-corrected chi connectivity index (χ0v) is 13.4. The highest BCUT2D eigenvalue weighted by Gasteiger charge is 2.47. The molecule has 0 aliphatic heterocycles. The fourth-order valence-corrected chi connectivity index (χ4v) is 3.52. The van der Waals surface area contributed by atoms with E-state index >= 15 is 0 Å². The number of hydrogen-bond acceptors (Lipinski definition) is 0. The molecule has 3 atom stereocenters. The Balaban J connectivity index is 2.29. The summed E-state index contributed by atoms with van der Waals surface area (Å²) >= 11 is 0. The van der Waals surface area contributed by atoms with Gasteiger partial charge in [0.1, 0.15) is 0 Å². The van der Waals surface area contributed by atoms with Gasteiger partial charge in [0.2, 0.25) is 0 Å². The number of rotatable bonds is 5. The summed E-state index contributed by atoms with van der Waals surface area (Å²) < 4.78 is 0. The van der Waals surface area contributed by atoms with Gasteiger partial charge in [0.05, 0.1) is 0 Å². The van der Waals surface area contributed by atoms with Gasteiger partial charge in [0.25, 0.3) is 0 Å². The molecule has 0 nitrogen and oxygen atoms in total. The molecule has 19 heavy (non-hydrogen) atoms. The van der Waals surface area contributed by atoms with Crippen LogP contribution in [0.2, 0.25) is 0 Å². The Labute approximate surface area is 119 Å². The van der Waals surface area contributed by atoms with Crippen LogP contribution in [-0.4, -0.2) is 0 Å². The van der Waals surface area contributed by atoms with Crippen molar-refractivity contribution in [3.05, 3.63) is 35.9 Å². The molecule has 1 fully saturated rings. The molecule has 1 saturated carbocycles. The molecule has 0 bridgehead atoms. The Morgan fingerprint density at radius 2 is 1.89 bits per heavy atom. The molecule has 0 saturated heterocycles. The summed E-state index contributed by atoms with van der Waals surface area (Å²) in [6, 6.07) is 11.2. The maximum atomic E-state index is 2.52. The molecule has 1 aliphatic rings. The summed E-state index contributed by atoms with van der Waals surface area (Å²) in [7, 11) is 0. The maximum Gasteiger partial charge on any atom is -0.0100 e. The van der Waals surface area contributed by atoms with Crippen molar-refractivity contribution in [1.82, 2.24) is 0 Å². The van der Waals surface area contributed by atoms with Gasteiger partial charge in [-0.2, -0.15) is 0 Å². The Bertz CT molecular complexity index is 403. The van der Waals surface area contributed by atoms with Gasteiger partial charge in [0.15, 0.2) is 0 Å². The second-order valence-corrected chi connectivity index (χ2v) is 7.63. The molecule has 0 amide bonds. The molecule has 0 aromatic heterocycles. The minimum Gasteiger partial charge on any atom is -0.0649 e. The SMILES string of the molecule is CCC(C)(C)CC(c1ccccc1)C1(C)CCC1C. The molecule has 1 aromatic rings. The van der Waals surface area contributed by atoms with Crippen LogP contribution < -0.4 is 0 Å². The fraction of sp³-hybridized carbons (Fsp3) is 0.684. The summed E-state index contributed by atoms with van der Waals surface area (Å²) in [5.74, 6) is 1.58. The van der Waals surface area contributed by atoms with E-state index in [1.165, 1.54) is 25.7 Å². The van der Waals surface area contributed by atoms with Gasteiger partial charge in [-0.05, 0) is 47.5 Å². The van der Waals surface area contributed by atoms with Crippen LogP contribution in [0.1, 0.15) is 71.8 Å². The average Bonchev–Trinajstić information content (AvgIpc) is 2.43. The van der Waals surface area contributed by atoms with E-state index in [4.69, 9.17) is 0 Å². The minimum absolute atomic E-state index is 0.443. The standard InChI is InChI=1S/C19H30/c1-6-18(3,4)14-17(16-10-8-7-9-11-16)19(5)13-12-15(19)2/h7-11,15,17H,6,12-14H2,1-5H3. The Hall–Kier alpha value is -0.780. The zero-order valence-electron chi connectivity index (χ0n) is 13.4. The largest absolute Gasteiger partial charge is 0.0649 e. The second-order valence-electron chi connectivity index (χ2n) is 7.63. The predicted molar refractivity (Wildman–Crippen MR) is 84.4 cm³/mol. The molecule has 3 unspecified atom stereocenters. The smallest absolute Gasteiger partial charge is 0.0100 e. The van der Waals surface area contributed by atoms with Gasteiger partial charge in [-0.25, -0.2) is 0 Å². The van der Waals surface area contributed by atoms with Crippen molar-refractivity contribution in [1.29, 1.82) is 0 Å². The van der Waals surface area contributed by atoms with E-state index in [9.17, 15) is 0 Å². The highest BCUT2D eigenvalue weighted by atomic mass is 14.5. The maximum absolute atomic E-state index is 2.52. The van der Waals surface area contributed by atoms with Crippen LogP contribution in [0.25, 0.3) is 0 Å². The highest BCUT2D eigenvalue weighted by molar-refractivity contribution is 5.24. The van der Waals surface area contributed by atoms with Crippen molar-refractivity contribution < 1.29 is 0 Å². The van der Waals surface area contributed by atoms with Crippen LogP contribution >= 0.6 is 0 Å². The first-order valence-corrected chi connectivity index (χ1v) is 7.94. The number of benzene rings is 1. The van der Waals surface area contributed by atoms with Crippen molar-refractivity contribution in [2.75, 3.05) is 0 Å². The van der Waals surface area contributed by atoms with Crippen molar-refractivity contribution >= 4 is 0 Å². The van der Waals surface area contributed by atoms with E-state index in [-0.39, 0.29) is 0 Å². The van der Waals surface area contributed by atoms with Gasteiger partial charge < -0.3 is 0 Å². The van der Waals surface area contributed by atoms with E-state index in [0.29, 0.717) is 16.7 Å². The molecule has 0 heteroatoms. The molecule has 106 valence electrons. The molecule has 1 aromatic carbocycles. The van der Waals surface area contributed by atoms with Gasteiger partial charge in [-0.1, -0.05) is 71.4 Å². The third-order valence-corrected chi connectivity index (χ3v) is 5.95. The Morgan fingerprint density at radius 3 is 2.32 bits per heavy atom. The molecule has 0 heterocycles. The third-order valence-electron chi connectivity index (χ3n) is 5.95. The normalized spacial score (nSPS) is 28.8. The van der Waals surface area contributed by atoms with Crippen LogP contribution in [0.3, 0.4) is 0 Å². The molecule has 1 aliphatic carbocycles. The minimum atomic E-state index is 0.443. The lowest BCUT2D eigenvalue weighted by atomic mass is 9.52. The lowest BCUT2D eigenvalue weighted by Gasteiger charge is -2.53. The van der Waals surface area contributed by atoms with Crippen LogP contribution in [0, 0.1) is 16.7 Å². The molecule has 2 rings (SSSR count). The van der Waals surface area contributed by atoms with Crippen molar-refractivity contribution in [2.45, 2.75) is 66.2 Å². The molecular formula is C19H30. The van der Waals surface area contributed by atoms with Crippen LogP contribution in [0.5, 0.6) is 0 Å². The van der Waals surface area contributed by atoms with Crippen LogP contribution in [0.4, 0.5) is 0 Å². The van der Waals surface area contributed by atoms with Crippen molar-refractivity contribution in [3.8, 4) is 0 Å². The monoisotopic (exact) mass is 258 g/mol. The molecule has 0 radical (unpaired) electrons. The van der Waals surface area contributed by atoms with E-state index in [0.717, 1.165) is 5.92 Å². The van der Waals surface area contributed by atoms with E-state index in [1.54, 1.807) is 5.56 Å². The first-order chi connectivity index (χ1) is 8.89. The lowest BCUT2D eigenvalue weighted by Crippen LogP contribution is -2.42. The van der Waals surface area contributed by atoms with Gasteiger partial charge in [-0.15, -0.1) is 0 Å². The predicted octanol–water partition coefficient (Wildman–Crippen LogP) is 6.03. The summed E-state index contributed by atoms with van der Waals surface area (Å²) in [6.07, 6.45) is 5.38. The summed E-state index contributed by atoms with van der Waals surface area (Å²) in [5, 5.41) is 0. The third kappa shape index (κ3) is 2.88. The summed E-state index contributed by atoms with van der Waals surface area (Å²) in [6.45, 7) is 12.1. The topological polar surface area (TPSA) is 0 Å². The first kappa shape index (κ1) is 14.6. The fourth-order valence-electron chi connectivity index (χ4n) is 3.52. The summed E-state index contributed by atoms with van der Waals surface area (Å²) in [5.41, 5.74) is 2.50. The van der Waals surface area contributed by atoms with E-state index < -0.39 is 0 Å². The second kappa shape index (κ2) is 5.31. The average molecular weight is 258 g/mol. The van der Waals surface area contributed by atoms with Crippen molar-refractivity contribution in [2.24, 2.45) is 16.7 Å². The summed E-state index contributed by atoms with van der Waals surface area (Å²) in [4.78, 5) is 0. The molecule has 0 spiro atoms. The first-order valence-electron chi connectivity index (χ1n) is 7.94. The highest BCUT2D eigenvalue weighted by Crippen LogP contribution is 2.58. The Morgan fingerprint density at radius 1 is 1.26 bits per heavy atom. The quantitative estimate of drug-likeness (QED) is 0.604. The van der Waals surface area contributed by atoms with Crippen molar-refractivity contribution in [3.63, 3.8) is 0 Å². The molecule has 0 N–H and O–H groups in total. The van der Waals surface area contributed by atoms with E-state index in [1.807, 2.05) is 0 Å². The van der Waals surface area contributed by atoms with Gasteiger partial charge in [0, 0.05) is 0 Å². The van der Waals surface area contributed by atoms with E-state index in [2.05, 4.69) is 65.0 Å². The van der Waals surface area contributed by atoms with Gasteiger partial charge >= 0.3 is 0 Å². The van der Waals surface area contributed by atoms with Crippen LogP contribution in [-0.2, 0) is 0 Å². The number of hydrogen-bond donors (Lipinski definition) is 0. The molecular weight excluding hydrogens is 228 g/mol.